The zero-order chi connectivity index (χ0) is 24.1. The summed E-state index contributed by atoms with van der Waals surface area (Å²) in [5, 5.41) is 17.4. The van der Waals surface area contributed by atoms with Crippen LogP contribution in [0.3, 0.4) is 0 Å². The number of carboxylic acids is 1. The maximum atomic E-state index is 13.7. The summed E-state index contributed by atoms with van der Waals surface area (Å²) >= 11 is 0. The number of amides is 4. The van der Waals surface area contributed by atoms with Crippen molar-refractivity contribution in [3.63, 3.8) is 0 Å². The van der Waals surface area contributed by atoms with E-state index in [9.17, 15) is 18.8 Å². The molecule has 180 valence electrons. The van der Waals surface area contributed by atoms with E-state index in [0.29, 0.717) is 25.2 Å². The molecule has 1 saturated carbocycles. The fraction of sp³-hybridized carbons (Fsp3) is 0.400. The molecule has 1 aliphatic carbocycles. The van der Waals surface area contributed by atoms with Crippen LogP contribution in [0.5, 0.6) is 0 Å². The van der Waals surface area contributed by atoms with Crippen LogP contribution in [0.2, 0.25) is 0 Å². The number of hydrogen-bond donors (Lipinski definition) is 4. The number of nitrogens with zero attached hydrogens (tertiary/aromatic N) is 1. The zero-order valence-electron chi connectivity index (χ0n) is 18.9. The number of para-hydroxylation sites is 1. The fourth-order valence-corrected chi connectivity index (χ4v) is 4.77. The van der Waals surface area contributed by atoms with Gasteiger partial charge >= 0.3 is 18.0 Å². The van der Waals surface area contributed by atoms with E-state index in [1.54, 1.807) is 23.1 Å². The van der Waals surface area contributed by atoms with Crippen LogP contribution >= 0.6 is 0 Å². The van der Waals surface area contributed by atoms with Gasteiger partial charge in [-0.15, -0.1) is 0 Å². The maximum Gasteiger partial charge on any atom is 0.323 e. The van der Waals surface area contributed by atoms with Crippen molar-refractivity contribution in [3.8, 4) is 0 Å². The van der Waals surface area contributed by atoms with Crippen molar-refractivity contribution in [1.82, 2.24) is 10.2 Å². The molecule has 0 aromatic heterocycles. The highest BCUT2D eigenvalue weighted by Crippen LogP contribution is 2.28. The Morgan fingerprint density at radius 1 is 1.03 bits per heavy atom. The molecule has 2 unspecified atom stereocenters. The van der Waals surface area contributed by atoms with Gasteiger partial charge in [-0.1, -0.05) is 31.0 Å². The summed E-state index contributed by atoms with van der Waals surface area (Å²) in [5.41, 5.74) is 2.72. The van der Waals surface area contributed by atoms with E-state index in [1.807, 2.05) is 12.1 Å². The number of halogens is 1. The van der Waals surface area contributed by atoms with E-state index in [4.69, 9.17) is 5.11 Å². The van der Waals surface area contributed by atoms with Crippen LogP contribution in [-0.4, -0.2) is 40.6 Å². The van der Waals surface area contributed by atoms with Gasteiger partial charge in [-0.25, -0.2) is 14.0 Å². The third-order valence-electron chi connectivity index (χ3n) is 6.54. The number of carboxylic acid groups (broad SMARTS) is 1. The van der Waals surface area contributed by atoms with Crippen molar-refractivity contribution < 1.29 is 23.9 Å². The molecule has 2 aromatic rings. The highest BCUT2D eigenvalue weighted by molar-refractivity contribution is 5.99. The number of urea groups is 2. The Hall–Kier alpha value is -3.62. The second-order valence-corrected chi connectivity index (χ2v) is 8.91. The molecule has 0 spiro atoms. The standard InChI is InChI=1S/C25H29FN4O4/c26-20-6-2-4-8-22(20)28-24(33)27-19-10-9-18-15-30(12-11-16(18)13-19)25(34)29-21-7-3-1-5-17(21)14-23(31)32/h2,4,6,8-10,13,17,21H,1,3,5,7,11-12,14-15H2,(H,29,34)(H,31,32)(H2,27,28,33). The van der Waals surface area contributed by atoms with Crippen LogP contribution in [0.1, 0.15) is 43.2 Å². The zero-order valence-corrected chi connectivity index (χ0v) is 18.9. The van der Waals surface area contributed by atoms with Gasteiger partial charge in [0.25, 0.3) is 0 Å². The van der Waals surface area contributed by atoms with E-state index < -0.39 is 17.8 Å². The lowest BCUT2D eigenvalue weighted by atomic mass is 9.82. The normalized spacial score (nSPS) is 19.6. The molecular formula is C25H29FN4O4. The maximum absolute atomic E-state index is 13.7. The number of benzene rings is 2. The van der Waals surface area contributed by atoms with E-state index >= 15 is 0 Å². The third kappa shape index (κ3) is 5.84. The Morgan fingerprint density at radius 3 is 2.62 bits per heavy atom. The molecule has 4 amide bonds. The van der Waals surface area contributed by atoms with Crippen LogP contribution in [0.4, 0.5) is 25.4 Å². The average Bonchev–Trinajstić information content (AvgIpc) is 2.81. The van der Waals surface area contributed by atoms with Crippen LogP contribution in [-0.2, 0) is 17.8 Å². The van der Waals surface area contributed by atoms with Crippen LogP contribution in [0.25, 0.3) is 0 Å². The van der Waals surface area contributed by atoms with Gasteiger partial charge in [0, 0.05) is 24.8 Å². The van der Waals surface area contributed by atoms with Crippen molar-refractivity contribution in [1.29, 1.82) is 0 Å². The summed E-state index contributed by atoms with van der Waals surface area (Å²) in [6.07, 6.45) is 4.32. The van der Waals surface area contributed by atoms with Crippen molar-refractivity contribution in [3.05, 3.63) is 59.4 Å². The predicted molar refractivity (Wildman–Crippen MR) is 126 cm³/mol. The monoisotopic (exact) mass is 468 g/mol. The molecule has 34 heavy (non-hydrogen) atoms. The number of hydrogen-bond acceptors (Lipinski definition) is 3. The van der Waals surface area contributed by atoms with Gasteiger partial charge in [-0.2, -0.15) is 0 Å². The largest absolute Gasteiger partial charge is 0.481 e. The van der Waals surface area contributed by atoms with Gasteiger partial charge in [0.2, 0.25) is 0 Å². The fourth-order valence-electron chi connectivity index (χ4n) is 4.77. The molecule has 2 aromatic carbocycles. The van der Waals surface area contributed by atoms with E-state index in [-0.39, 0.29) is 30.1 Å². The number of nitrogens with one attached hydrogen (secondary N) is 3. The van der Waals surface area contributed by atoms with Crippen LogP contribution in [0.15, 0.2) is 42.5 Å². The van der Waals surface area contributed by atoms with Gasteiger partial charge in [0.15, 0.2) is 0 Å². The minimum Gasteiger partial charge on any atom is -0.481 e. The summed E-state index contributed by atoms with van der Waals surface area (Å²) in [7, 11) is 0. The summed E-state index contributed by atoms with van der Waals surface area (Å²) in [6.45, 7) is 0.971. The number of aliphatic carboxylic acids is 1. The molecule has 0 saturated heterocycles. The lowest BCUT2D eigenvalue weighted by molar-refractivity contribution is -0.138. The van der Waals surface area contributed by atoms with Crippen LogP contribution < -0.4 is 16.0 Å². The molecule has 2 atom stereocenters. The van der Waals surface area contributed by atoms with E-state index in [1.165, 1.54) is 12.1 Å². The number of carbonyl (C=O) groups excluding carboxylic acids is 2. The SMILES string of the molecule is O=C(O)CC1CCCCC1NC(=O)N1CCc2cc(NC(=O)Nc3ccccc3F)ccc2C1. The minimum absolute atomic E-state index is 0.0311. The van der Waals surface area contributed by atoms with E-state index in [0.717, 1.165) is 36.8 Å². The number of fused-ring (bicyclic) bond motifs is 1. The van der Waals surface area contributed by atoms with Gasteiger partial charge in [-0.3, -0.25) is 4.79 Å². The summed E-state index contributed by atoms with van der Waals surface area (Å²) < 4.78 is 13.7. The molecule has 1 heterocycles. The summed E-state index contributed by atoms with van der Waals surface area (Å²) in [5.74, 6) is -1.37. The van der Waals surface area contributed by atoms with Crippen molar-refractivity contribution >= 4 is 29.4 Å². The molecule has 9 heteroatoms. The molecule has 1 aliphatic heterocycles. The summed E-state index contributed by atoms with van der Waals surface area (Å²) in [4.78, 5) is 38.0. The Bertz CT molecular complexity index is 1080. The Kier molecular flexibility index (Phi) is 7.30. The molecule has 1 fully saturated rings. The van der Waals surface area contributed by atoms with Gasteiger partial charge in [-0.05, 0) is 60.6 Å². The van der Waals surface area contributed by atoms with Crippen molar-refractivity contribution in [2.75, 3.05) is 17.2 Å². The predicted octanol–water partition coefficient (Wildman–Crippen LogP) is 4.57. The second kappa shape index (κ2) is 10.5. The highest BCUT2D eigenvalue weighted by Gasteiger charge is 2.30. The molecule has 8 nitrogen and oxygen atoms in total. The van der Waals surface area contributed by atoms with Gasteiger partial charge < -0.3 is 26.0 Å². The Balaban J connectivity index is 1.34. The Morgan fingerprint density at radius 2 is 1.82 bits per heavy atom. The van der Waals surface area contributed by atoms with Crippen LogP contribution in [0, 0.1) is 11.7 Å². The molecule has 0 bridgehead atoms. The Labute approximate surface area is 197 Å². The quantitative estimate of drug-likeness (QED) is 0.515. The smallest absolute Gasteiger partial charge is 0.323 e. The first-order chi connectivity index (χ1) is 16.4. The third-order valence-corrected chi connectivity index (χ3v) is 6.54. The molecular weight excluding hydrogens is 439 g/mol. The first kappa shape index (κ1) is 23.5. The summed E-state index contributed by atoms with van der Waals surface area (Å²) in [6, 6.07) is 10.6. The lowest BCUT2D eigenvalue weighted by Crippen LogP contribution is -2.50. The molecule has 4 N–H and O–H groups in total. The topological polar surface area (TPSA) is 111 Å². The molecule has 4 rings (SSSR count). The number of carbonyl (C=O) groups is 3. The number of anilines is 2. The van der Waals surface area contributed by atoms with Gasteiger partial charge in [0.05, 0.1) is 12.1 Å². The number of rotatable bonds is 5. The van der Waals surface area contributed by atoms with E-state index in [2.05, 4.69) is 16.0 Å². The van der Waals surface area contributed by atoms with Crippen molar-refractivity contribution in [2.45, 2.75) is 51.1 Å². The molecule has 2 aliphatic rings. The second-order valence-electron chi connectivity index (χ2n) is 8.91. The molecule has 0 radical (unpaired) electrons. The minimum atomic E-state index is -0.829. The lowest BCUT2D eigenvalue weighted by Gasteiger charge is -2.35. The highest BCUT2D eigenvalue weighted by atomic mass is 19.1. The van der Waals surface area contributed by atoms with Crippen molar-refractivity contribution in [2.24, 2.45) is 5.92 Å². The van der Waals surface area contributed by atoms with Gasteiger partial charge in [0.1, 0.15) is 5.82 Å². The first-order valence-electron chi connectivity index (χ1n) is 11.6. The average molecular weight is 469 g/mol. The first-order valence-corrected chi connectivity index (χ1v) is 11.6.